The molecule has 2 rings (SSSR count). The molecule has 0 aliphatic carbocycles. The van der Waals surface area contributed by atoms with Gasteiger partial charge in [-0.2, -0.15) is 14.6 Å². The largest absolute Gasteiger partial charge is 0.493 e. The third-order valence-corrected chi connectivity index (χ3v) is 3.82. The minimum Gasteiger partial charge on any atom is -0.493 e. The molecule has 2 aromatic rings. The van der Waals surface area contributed by atoms with Crippen molar-refractivity contribution in [3.8, 4) is 5.88 Å². The van der Waals surface area contributed by atoms with Gasteiger partial charge in [-0.1, -0.05) is 58.3 Å². The first-order valence-corrected chi connectivity index (χ1v) is 8.20. The summed E-state index contributed by atoms with van der Waals surface area (Å²) in [7, 11) is 0. The zero-order valence-corrected chi connectivity index (χ0v) is 13.0. The third kappa shape index (κ3) is 4.99. The van der Waals surface area contributed by atoms with Crippen molar-refractivity contribution in [1.82, 2.24) is 19.6 Å². The topological polar surface area (TPSA) is 63.3 Å². The van der Waals surface area contributed by atoms with Crippen LogP contribution in [-0.4, -0.2) is 24.7 Å². The van der Waals surface area contributed by atoms with Crippen molar-refractivity contribution in [2.45, 2.75) is 71.1 Å². The van der Waals surface area contributed by atoms with E-state index in [9.17, 15) is 5.11 Å². The number of fused-ring (bicyclic) bond motifs is 1. The zero-order chi connectivity index (χ0) is 14.9. The molecule has 2 heterocycles. The Hall–Kier alpha value is -1.65. The van der Waals surface area contributed by atoms with Crippen LogP contribution in [0.5, 0.6) is 5.88 Å². The van der Waals surface area contributed by atoms with Crippen LogP contribution in [0.25, 0.3) is 5.78 Å². The summed E-state index contributed by atoms with van der Waals surface area (Å²) in [6.45, 7) is 2.25. The monoisotopic (exact) mass is 290 g/mol. The number of hydrogen-bond acceptors (Lipinski definition) is 4. The normalized spacial score (nSPS) is 11.3. The smallest absolute Gasteiger partial charge is 0.255 e. The van der Waals surface area contributed by atoms with Gasteiger partial charge in [0, 0.05) is 11.8 Å². The van der Waals surface area contributed by atoms with Crippen molar-refractivity contribution < 1.29 is 5.11 Å². The van der Waals surface area contributed by atoms with E-state index in [0.717, 1.165) is 18.5 Å². The zero-order valence-electron chi connectivity index (χ0n) is 13.0. The molecule has 0 bridgehead atoms. The van der Waals surface area contributed by atoms with E-state index < -0.39 is 0 Å². The Labute approximate surface area is 126 Å². The van der Waals surface area contributed by atoms with Gasteiger partial charge in [0.25, 0.3) is 5.78 Å². The molecule has 2 aromatic heterocycles. The molecule has 0 fully saturated rings. The predicted molar refractivity (Wildman–Crippen MR) is 83.4 cm³/mol. The van der Waals surface area contributed by atoms with E-state index in [2.05, 4.69) is 22.0 Å². The molecule has 0 aromatic carbocycles. The molecule has 1 N–H and O–H groups in total. The number of unbranched alkanes of at least 4 members (excludes halogenated alkanes) is 8. The first-order valence-electron chi connectivity index (χ1n) is 8.20. The molecular weight excluding hydrogens is 264 g/mol. The molecule has 0 saturated heterocycles. The van der Waals surface area contributed by atoms with Crippen LogP contribution in [0.15, 0.2) is 12.4 Å². The van der Waals surface area contributed by atoms with Crippen LogP contribution < -0.4 is 0 Å². The molecule has 0 radical (unpaired) electrons. The molecule has 5 nitrogen and oxygen atoms in total. The van der Waals surface area contributed by atoms with E-state index in [-0.39, 0.29) is 5.88 Å². The second kappa shape index (κ2) is 8.60. The first kappa shape index (κ1) is 15.7. The van der Waals surface area contributed by atoms with Gasteiger partial charge in [0.15, 0.2) is 0 Å². The maximum Gasteiger partial charge on any atom is 0.255 e. The van der Waals surface area contributed by atoms with Crippen LogP contribution >= 0.6 is 0 Å². The molecular formula is C16H26N4O. The second-order valence-corrected chi connectivity index (χ2v) is 5.66. The summed E-state index contributed by atoms with van der Waals surface area (Å²) in [5, 5.41) is 13.7. The summed E-state index contributed by atoms with van der Waals surface area (Å²) in [6, 6.07) is 1.69. The molecule has 0 amide bonds. The molecule has 0 spiro atoms. The Morgan fingerprint density at radius 2 is 1.67 bits per heavy atom. The molecule has 5 heteroatoms. The number of hydrogen-bond donors (Lipinski definition) is 1. The van der Waals surface area contributed by atoms with Crippen LogP contribution in [0.1, 0.15) is 70.4 Å². The van der Waals surface area contributed by atoms with Crippen LogP contribution in [0, 0.1) is 0 Å². The SMILES string of the molecule is CCCCCCCCCCCc1cc(O)n2ncnc2n1. The van der Waals surface area contributed by atoms with Crippen LogP contribution in [0.3, 0.4) is 0 Å². The maximum absolute atomic E-state index is 9.80. The number of rotatable bonds is 10. The number of aryl methyl sites for hydroxylation is 1. The van der Waals surface area contributed by atoms with Gasteiger partial charge >= 0.3 is 0 Å². The van der Waals surface area contributed by atoms with Crippen LogP contribution in [0.4, 0.5) is 0 Å². The van der Waals surface area contributed by atoms with Crippen molar-refractivity contribution in [1.29, 1.82) is 0 Å². The van der Waals surface area contributed by atoms with Crippen LogP contribution in [-0.2, 0) is 6.42 Å². The van der Waals surface area contributed by atoms with Crippen molar-refractivity contribution in [3.63, 3.8) is 0 Å². The van der Waals surface area contributed by atoms with Gasteiger partial charge < -0.3 is 5.11 Å². The van der Waals surface area contributed by atoms with E-state index in [1.165, 1.54) is 62.2 Å². The Balaban J connectivity index is 1.62. The van der Waals surface area contributed by atoms with Gasteiger partial charge in [0.2, 0.25) is 5.88 Å². The second-order valence-electron chi connectivity index (χ2n) is 5.66. The summed E-state index contributed by atoms with van der Waals surface area (Å²) >= 11 is 0. The summed E-state index contributed by atoms with van der Waals surface area (Å²) in [6.07, 6.45) is 14.1. The first-order chi connectivity index (χ1) is 10.3. The highest BCUT2D eigenvalue weighted by atomic mass is 16.3. The van der Waals surface area contributed by atoms with Gasteiger partial charge in [0.1, 0.15) is 6.33 Å². The molecule has 21 heavy (non-hydrogen) atoms. The van der Waals surface area contributed by atoms with Gasteiger partial charge in [-0.25, -0.2) is 4.98 Å². The van der Waals surface area contributed by atoms with Crippen molar-refractivity contribution in [3.05, 3.63) is 18.1 Å². The van der Waals surface area contributed by atoms with Gasteiger partial charge in [-0.15, -0.1) is 0 Å². The van der Waals surface area contributed by atoms with Crippen molar-refractivity contribution >= 4 is 5.78 Å². The fourth-order valence-electron chi connectivity index (χ4n) is 2.59. The summed E-state index contributed by atoms with van der Waals surface area (Å²) in [5.41, 5.74) is 0.899. The Morgan fingerprint density at radius 1 is 1.00 bits per heavy atom. The fraction of sp³-hybridized carbons (Fsp3) is 0.688. The Bertz CT molecular complexity index is 538. The average Bonchev–Trinajstić information content (AvgIpc) is 2.94. The van der Waals surface area contributed by atoms with Gasteiger partial charge in [0.05, 0.1) is 0 Å². The highest BCUT2D eigenvalue weighted by molar-refractivity contribution is 5.32. The lowest BCUT2D eigenvalue weighted by Gasteiger charge is -2.03. The van der Waals surface area contributed by atoms with Gasteiger partial charge in [-0.3, -0.25) is 0 Å². The lowest BCUT2D eigenvalue weighted by molar-refractivity contribution is 0.433. The molecule has 0 aliphatic rings. The highest BCUT2D eigenvalue weighted by Gasteiger charge is 2.05. The summed E-state index contributed by atoms with van der Waals surface area (Å²) in [4.78, 5) is 8.41. The number of nitrogens with zero attached hydrogens (tertiary/aromatic N) is 4. The third-order valence-electron chi connectivity index (χ3n) is 3.82. The quantitative estimate of drug-likeness (QED) is 0.674. The Kier molecular flexibility index (Phi) is 6.44. The highest BCUT2D eigenvalue weighted by Crippen LogP contribution is 2.15. The average molecular weight is 290 g/mol. The molecule has 0 saturated carbocycles. The van der Waals surface area contributed by atoms with E-state index in [4.69, 9.17) is 0 Å². The van der Waals surface area contributed by atoms with Gasteiger partial charge in [-0.05, 0) is 12.8 Å². The lowest BCUT2D eigenvalue weighted by atomic mass is 10.1. The van der Waals surface area contributed by atoms with E-state index >= 15 is 0 Å². The standard InChI is InChI=1S/C16H26N4O/c1-2-3-4-5-6-7-8-9-10-11-14-12-15(21)20-16(19-14)17-13-18-20/h12-13,21H,2-11H2,1H3. The van der Waals surface area contributed by atoms with E-state index in [1.807, 2.05) is 0 Å². The predicted octanol–water partition coefficient (Wildman–Crippen LogP) is 3.90. The molecule has 0 aliphatic heterocycles. The van der Waals surface area contributed by atoms with E-state index in [1.54, 1.807) is 6.07 Å². The maximum atomic E-state index is 9.80. The summed E-state index contributed by atoms with van der Waals surface area (Å²) in [5.74, 6) is 0.587. The fourth-order valence-corrected chi connectivity index (χ4v) is 2.59. The van der Waals surface area contributed by atoms with Crippen molar-refractivity contribution in [2.24, 2.45) is 0 Å². The number of aromatic nitrogens is 4. The van der Waals surface area contributed by atoms with Crippen molar-refractivity contribution in [2.75, 3.05) is 0 Å². The summed E-state index contributed by atoms with van der Waals surface area (Å²) < 4.78 is 1.35. The van der Waals surface area contributed by atoms with E-state index in [0.29, 0.717) is 5.78 Å². The molecule has 116 valence electrons. The lowest BCUT2D eigenvalue weighted by Crippen LogP contribution is -1.97. The number of aromatic hydroxyl groups is 1. The molecule has 0 atom stereocenters. The van der Waals surface area contributed by atoms with Crippen LogP contribution in [0.2, 0.25) is 0 Å². The minimum absolute atomic E-state index is 0.114. The Morgan fingerprint density at radius 3 is 2.38 bits per heavy atom. The molecule has 0 unspecified atom stereocenters. The minimum atomic E-state index is 0.114.